The van der Waals surface area contributed by atoms with E-state index in [0.29, 0.717) is 42.0 Å². The van der Waals surface area contributed by atoms with Crippen LogP contribution < -0.4 is 15.9 Å². The molecule has 1 aliphatic heterocycles. The summed E-state index contributed by atoms with van der Waals surface area (Å²) in [6.45, 7) is 5.48. The van der Waals surface area contributed by atoms with Crippen molar-refractivity contribution >= 4 is 34.4 Å². The Balaban J connectivity index is 1.16. The van der Waals surface area contributed by atoms with Gasteiger partial charge in [0.05, 0.1) is 52.4 Å². The van der Waals surface area contributed by atoms with Crippen molar-refractivity contribution in [2.75, 3.05) is 31.2 Å². The van der Waals surface area contributed by atoms with E-state index in [4.69, 9.17) is 16.3 Å². The average Bonchev–Trinajstić information content (AvgIpc) is 3.26. The van der Waals surface area contributed by atoms with Gasteiger partial charge in [0.15, 0.2) is 0 Å². The number of carbonyl (C=O) groups is 1. The Bertz CT molecular complexity index is 1570. The molecule has 0 spiro atoms. The molecule has 40 heavy (non-hydrogen) atoms. The van der Waals surface area contributed by atoms with Crippen LogP contribution in [0.5, 0.6) is 0 Å². The van der Waals surface area contributed by atoms with Gasteiger partial charge in [-0.25, -0.2) is 9.78 Å². The number of nitrogens with zero attached hydrogens (tertiary/aromatic N) is 5. The van der Waals surface area contributed by atoms with Crippen molar-refractivity contribution in [3.63, 3.8) is 0 Å². The zero-order valence-corrected chi connectivity index (χ0v) is 23.3. The predicted octanol–water partition coefficient (Wildman–Crippen LogP) is 4.37. The molecule has 6 rings (SSSR count). The maximum atomic E-state index is 13.8. The number of carbonyl (C=O) groups excluding carboxylic acids is 1. The molecule has 4 heterocycles. The lowest BCUT2D eigenvalue weighted by atomic mass is 9.85. The normalized spacial score (nSPS) is 19.6. The Morgan fingerprint density at radius 2 is 1.77 bits per heavy atom. The monoisotopic (exact) mass is 560 g/mol. The topological polar surface area (TPSA) is 94.3 Å². The number of aryl methyl sites for hydroxylation is 1. The number of ether oxygens (including phenoxy) is 1. The van der Waals surface area contributed by atoms with Crippen molar-refractivity contribution in [2.24, 2.45) is 5.92 Å². The zero-order valence-electron chi connectivity index (χ0n) is 22.6. The van der Waals surface area contributed by atoms with E-state index >= 15 is 0 Å². The summed E-state index contributed by atoms with van der Waals surface area (Å²) < 4.78 is 9.11. The highest BCUT2D eigenvalue weighted by Crippen LogP contribution is 2.28. The van der Waals surface area contributed by atoms with E-state index < -0.39 is 0 Å². The Kier molecular flexibility index (Phi) is 7.58. The lowest BCUT2D eigenvalue weighted by molar-refractivity contribution is 0.0919. The van der Waals surface area contributed by atoms with Crippen LogP contribution in [0.1, 0.15) is 41.7 Å². The number of hydrogen-bond acceptors (Lipinski definition) is 6. The van der Waals surface area contributed by atoms with E-state index in [0.717, 1.165) is 61.3 Å². The Labute approximate surface area is 237 Å². The van der Waals surface area contributed by atoms with Crippen LogP contribution in [0.25, 0.3) is 16.7 Å². The molecule has 208 valence electrons. The number of nitrogens with one attached hydrogen (secondary N) is 1. The first-order chi connectivity index (χ1) is 19.5. The van der Waals surface area contributed by atoms with Crippen molar-refractivity contribution in [2.45, 2.75) is 45.2 Å². The molecule has 1 aromatic carbocycles. The fraction of sp³-hybridized carbons (Fsp3) is 0.400. The first-order valence-corrected chi connectivity index (χ1v) is 14.3. The zero-order chi connectivity index (χ0) is 27.6. The van der Waals surface area contributed by atoms with E-state index in [-0.39, 0.29) is 17.6 Å². The smallest absolute Gasteiger partial charge is 0.333 e. The Morgan fingerprint density at radius 3 is 2.50 bits per heavy atom. The number of fused-ring (bicyclic) bond motifs is 1. The molecule has 1 N–H and O–H groups in total. The fourth-order valence-corrected chi connectivity index (χ4v) is 6.03. The number of hydrogen-bond donors (Lipinski definition) is 1. The van der Waals surface area contributed by atoms with Gasteiger partial charge < -0.3 is 15.0 Å². The number of benzene rings is 1. The molecule has 1 amide bonds. The number of morpholine rings is 1. The van der Waals surface area contributed by atoms with E-state index in [9.17, 15) is 9.59 Å². The van der Waals surface area contributed by atoms with Gasteiger partial charge in [-0.2, -0.15) is 0 Å². The van der Waals surface area contributed by atoms with Gasteiger partial charge in [-0.3, -0.25) is 18.9 Å². The largest absolute Gasteiger partial charge is 0.378 e. The Hall–Kier alpha value is -3.69. The molecule has 0 atom stereocenters. The van der Waals surface area contributed by atoms with Gasteiger partial charge in [0.1, 0.15) is 5.82 Å². The van der Waals surface area contributed by atoms with Gasteiger partial charge in [0.25, 0.3) is 5.91 Å². The molecular weight excluding hydrogens is 528 g/mol. The standard InChI is InChI=1S/C30H33ClN6O3/c1-20-25(16-22(31)17-32-20)29(38)34-23-8-6-21(7-9-23)19-36-26-4-2-3-5-27(26)37(30(36)39)24-10-11-28(33-18-24)35-12-14-40-15-13-35/h2-5,10-11,16-18,21,23H,6-9,12-15,19H2,1H3,(H,34,38)/t21-,23-. The summed E-state index contributed by atoms with van der Waals surface area (Å²) in [4.78, 5) is 37.7. The summed E-state index contributed by atoms with van der Waals surface area (Å²) in [5.41, 5.74) is 3.68. The lowest BCUT2D eigenvalue weighted by Gasteiger charge is -2.29. The summed E-state index contributed by atoms with van der Waals surface area (Å²) in [5, 5.41) is 3.61. The van der Waals surface area contributed by atoms with Crippen LogP contribution in [0, 0.1) is 12.8 Å². The fourth-order valence-electron chi connectivity index (χ4n) is 5.87. The SMILES string of the molecule is Cc1ncc(Cl)cc1C(=O)N[C@H]1CC[C@H](Cn2c(=O)n(-c3ccc(N4CCOCC4)nc3)c3ccccc32)CC1. The van der Waals surface area contributed by atoms with Crippen LogP contribution in [-0.2, 0) is 11.3 Å². The second-order valence-electron chi connectivity index (χ2n) is 10.7. The van der Waals surface area contributed by atoms with Crippen LogP contribution in [-0.4, -0.2) is 57.4 Å². The highest BCUT2D eigenvalue weighted by atomic mass is 35.5. The molecule has 4 aromatic rings. The number of halogens is 1. The van der Waals surface area contributed by atoms with Gasteiger partial charge in [0, 0.05) is 31.9 Å². The summed E-state index contributed by atoms with van der Waals surface area (Å²) in [6.07, 6.45) is 6.93. The van der Waals surface area contributed by atoms with Crippen molar-refractivity contribution in [1.82, 2.24) is 24.4 Å². The van der Waals surface area contributed by atoms with Crippen LogP contribution in [0.3, 0.4) is 0 Å². The molecule has 0 bridgehead atoms. The number of pyridine rings is 2. The summed E-state index contributed by atoms with van der Waals surface area (Å²) >= 11 is 6.05. The third-order valence-corrected chi connectivity index (χ3v) is 8.29. The third kappa shape index (κ3) is 5.36. The molecule has 0 unspecified atom stereocenters. The number of para-hydroxylation sites is 2. The maximum absolute atomic E-state index is 13.8. The Morgan fingerprint density at radius 1 is 1.02 bits per heavy atom. The minimum absolute atomic E-state index is 0.0542. The average molecular weight is 561 g/mol. The van der Waals surface area contributed by atoms with Gasteiger partial charge in [0.2, 0.25) is 0 Å². The number of aromatic nitrogens is 4. The molecule has 0 radical (unpaired) electrons. The first-order valence-electron chi connectivity index (χ1n) is 13.9. The van der Waals surface area contributed by atoms with Gasteiger partial charge in [-0.1, -0.05) is 23.7 Å². The van der Waals surface area contributed by atoms with Gasteiger partial charge in [-0.15, -0.1) is 0 Å². The molecule has 1 saturated heterocycles. The molecule has 2 aliphatic rings. The molecule has 9 nitrogen and oxygen atoms in total. The summed E-state index contributed by atoms with van der Waals surface area (Å²) in [7, 11) is 0. The number of imidazole rings is 1. The number of amides is 1. The highest BCUT2D eigenvalue weighted by Gasteiger charge is 2.26. The van der Waals surface area contributed by atoms with Crippen LogP contribution >= 0.6 is 11.6 Å². The van der Waals surface area contributed by atoms with Gasteiger partial charge in [-0.05, 0) is 68.9 Å². The second kappa shape index (κ2) is 11.4. The predicted molar refractivity (Wildman–Crippen MR) is 156 cm³/mol. The first kappa shape index (κ1) is 26.5. The minimum atomic E-state index is -0.136. The molecule has 10 heteroatoms. The highest BCUT2D eigenvalue weighted by molar-refractivity contribution is 6.30. The van der Waals surface area contributed by atoms with E-state index in [1.165, 1.54) is 0 Å². The molecule has 3 aromatic heterocycles. The van der Waals surface area contributed by atoms with E-state index in [1.54, 1.807) is 23.0 Å². The van der Waals surface area contributed by atoms with E-state index in [2.05, 4.69) is 20.2 Å². The maximum Gasteiger partial charge on any atom is 0.333 e. The lowest BCUT2D eigenvalue weighted by Crippen LogP contribution is -2.39. The third-order valence-electron chi connectivity index (χ3n) is 8.08. The molecule has 1 aliphatic carbocycles. The van der Waals surface area contributed by atoms with Crippen molar-refractivity contribution in [3.05, 3.63) is 81.6 Å². The molecule has 2 fully saturated rings. The van der Waals surface area contributed by atoms with Gasteiger partial charge >= 0.3 is 5.69 Å². The van der Waals surface area contributed by atoms with E-state index in [1.807, 2.05) is 47.9 Å². The summed E-state index contributed by atoms with van der Waals surface area (Å²) in [5.74, 6) is 1.11. The second-order valence-corrected chi connectivity index (χ2v) is 11.1. The molecular formula is C30H33ClN6O3. The van der Waals surface area contributed by atoms with Crippen molar-refractivity contribution < 1.29 is 9.53 Å². The number of rotatable bonds is 6. The van der Waals surface area contributed by atoms with Crippen molar-refractivity contribution in [1.29, 1.82) is 0 Å². The van der Waals surface area contributed by atoms with Crippen LogP contribution in [0.4, 0.5) is 5.82 Å². The van der Waals surface area contributed by atoms with Crippen LogP contribution in [0.2, 0.25) is 5.02 Å². The van der Waals surface area contributed by atoms with Crippen molar-refractivity contribution in [3.8, 4) is 5.69 Å². The molecule has 1 saturated carbocycles. The quantitative estimate of drug-likeness (QED) is 0.376. The summed E-state index contributed by atoms with van der Waals surface area (Å²) in [6, 6.07) is 13.6. The minimum Gasteiger partial charge on any atom is -0.378 e. The van der Waals surface area contributed by atoms with Crippen LogP contribution in [0.15, 0.2) is 59.7 Å². The number of anilines is 1.